The topological polar surface area (TPSA) is 38.3 Å². The van der Waals surface area contributed by atoms with E-state index in [0.717, 1.165) is 18.6 Å². The van der Waals surface area contributed by atoms with Crippen LogP contribution in [0.15, 0.2) is 18.2 Å². The van der Waals surface area contributed by atoms with Crippen molar-refractivity contribution in [2.75, 3.05) is 14.2 Å². The average Bonchev–Trinajstić information content (AvgIpc) is 2.43. The molecule has 0 radical (unpaired) electrons. The maximum absolute atomic E-state index is 12.8. The number of benzene rings is 1. The molecule has 1 aromatic rings. The molecule has 1 N–H and O–H groups in total. The Bertz CT molecular complexity index is 508. The van der Waals surface area contributed by atoms with Crippen LogP contribution in [0.3, 0.4) is 0 Å². The highest BCUT2D eigenvalue weighted by atomic mass is 32.2. The maximum Gasteiger partial charge on any atom is 0.119 e. The van der Waals surface area contributed by atoms with E-state index in [-0.39, 0.29) is 16.0 Å². The molecule has 3 nitrogen and oxygen atoms in total. The van der Waals surface area contributed by atoms with Gasteiger partial charge in [0.2, 0.25) is 0 Å². The van der Waals surface area contributed by atoms with Crippen molar-refractivity contribution >= 4 is 10.8 Å². The van der Waals surface area contributed by atoms with Crippen molar-refractivity contribution in [2.45, 2.75) is 49.7 Å². The van der Waals surface area contributed by atoms with Crippen LogP contribution in [-0.2, 0) is 17.2 Å². The van der Waals surface area contributed by atoms with Crippen molar-refractivity contribution in [3.63, 3.8) is 0 Å². The fourth-order valence-corrected chi connectivity index (χ4v) is 4.68. The quantitative estimate of drug-likeness (QED) is 0.932. The van der Waals surface area contributed by atoms with Gasteiger partial charge in [-0.05, 0) is 63.9 Å². The second-order valence-corrected chi connectivity index (χ2v) is 8.74. The third-order valence-corrected chi connectivity index (χ3v) is 6.21. The molecule has 0 aromatic heterocycles. The minimum absolute atomic E-state index is 0.133. The number of nitrogens with one attached hydrogen (secondary N) is 1. The minimum atomic E-state index is -0.873. The number of aryl methyl sites for hydroxylation is 1. The molecule has 0 saturated carbocycles. The summed E-state index contributed by atoms with van der Waals surface area (Å²) in [4.78, 5) is 0. The third-order valence-electron chi connectivity index (χ3n) is 3.95. The summed E-state index contributed by atoms with van der Waals surface area (Å²) in [5.74, 6) is 0.867. The molecule has 2 rings (SSSR count). The van der Waals surface area contributed by atoms with E-state index >= 15 is 0 Å². The van der Waals surface area contributed by atoms with E-state index in [2.05, 4.69) is 38.2 Å². The Hall–Kier alpha value is -0.870. The highest BCUT2D eigenvalue weighted by Crippen LogP contribution is 2.37. The van der Waals surface area contributed by atoms with E-state index < -0.39 is 10.8 Å². The van der Waals surface area contributed by atoms with Gasteiger partial charge in [-0.1, -0.05) is 6.07 Å². The molecule has 0 spiro atoms. The number of hydrogen-bond acceptors (Lipinski definition) is 3. The van der Waals surface area contributed by atoms with Gasteiger partial charge in [0.15, 0.2) is 0 Å². The summed E-state index contributed by atoms with van der Waals surface area (Å²) in [6.45, 7) is 6.16. The first-order valence-electron chi connectivity index (χ1n) is 7.13. The van der Waals surface area contributed by atoms with E-state index in [1.165, 1.54) is 11.1 Å². The van der Waals surface area contributed by atoms with Gasteiger partial charge in [0, 0.05) is 21.6 Å². The fourth-order valence-electron chi connectivity index (χ4n) is 2.91. The first-order valence-corrected chi connectivity index (χ1v) is 8.34. The van der Waals surface area contributed by atoms with Crippen LogP contribution in [-0.4, -0.2) is 28.4 Å². The molecule has 0 amide bonds. The normalized spacial score (nSPS) is 24.1. The predicted octanol–water partition coefficient (Wildman–Crippen LogP) is 2.82. The van der Waals surface area contributed by atoms with E-state index in [1.807, 2.05) is 13.1 Å². The highest BCUT2D eigenvalue weighted by Gasteiger charge is 2.37. The van der Waals surface area contributed by atoms with Gasteiger partial charge in [-0.25, -0.2) is 0 Å². The summed E-state index contributed by atoms with van der Waals surface area (Å²) < 4.78 is 17.9. The van der Waals surface area contributed by atoms with Gasteiger partial charge in [-0.3, -0.25) is 4.21 Å². The van der Waals surface area contributed by atoms with Gasteiger partial charge in [-0.2, -0.15) is 0 Å². The molecule has 0 aliphatic heterocycles. The van der Waals surface area contributed by atoms with Gasteiger partial charge >= 0.3 is 0 Å². The lowest BCUT2D eigenvalue weighted by molar-refractivity contribution is 0.411. The van der Waals surface area contributed by atoms with Gasteiger partial charge in [0.25, 0.3) is 0 Å². The molecule has 112 valence electrons. The summed E-state index contributed by atoms with van der Waals surface area (Å²) in [5, 5.41) is 3.52. The molecule has 1 aromatic carbocycles. The van der Waals surface area contributed by atoms with Crippen LogP contribution >= 0.6 is 0 Å². The molecule has 20 heavy (non-hydrogen) atoms. The van der Waals surface area contributed by atoms with Crippen LogP contribution in [0, 0.1) is 0 Å². The first kappa shape index (κ1) is 15.5. The average molecular weight is 295 g/mol. The Kier molecular flexibility index (Phi) is 4.55. The molecular formula is C16H25NO2S. The largest absolute Gasteiger partial charge is 0.497 e. The Balaban J connectivity index is 2.39. The Morgan fingerprint density at radius 2 is 2.05 bits per heavy atom. The van der Waals surface area contributed by atoms with Crippen LogP contribution in [0.1, 0.15) is 44.4 Å². The molecule has 0 heterocycles. The maximum atomic E-state index is 12.8. The number of fused-ring (bicyclic) bond motifs is 1. The second kappa shape index (κ2) is 5.86. The van der Waals surface area contributed by atoms with Crippen LogP contribution in [0.5, 0.6) is 5.75 Å². The molecule has 0 saturated heterocycles. The van der Waals surface area contributed by atoms with Crippen LogP contribution in [0.2, 0.25) is 0 Å². The predicted molar refractivity (Wildman–Crippen MR) is 84.8 cm³/mol. The summed E-state index contributed by atoms with van der Waals surface area (Å²) in [5.41, 5.74) is 2.58. The Labute approximate surface area is 124 Å². The molecule has 3 unspecified atom stereocenters. The lowest BCUT2D eigenvalue weighted by atomic mass is 9.87. The van der Waals surface area contributed by atoms with Crippen molar-refractivity contribution in [3.05, 3.63) is 29.3 Å². The standard InChI is InChI=1S/C16H25NO2S/c1-16(2,3)20(18)14-9-7-11-6-8-12(19-5)10-13(11)15(14)17-4/h6,8,10,14-15,17H,7,9H2,1-5H3. The third kappa shape index (κ3) is 2.91. The van der Waals surface area contributed by atoms with E-state index in [0.29, 0.717) is 0 Å². The molecule has 0 fully saturated rings. The number of rotatable bonds is 3. The van der Waals surface area contributed by atoms with Crippen molar-refractivity contribution in [3.8, 4) is 5.75 Å². The van der Waals surface area contributed by atoms with E-state index in [1.54, 1.807) is 7.11 Å². The molecule has 4 heteroatoms. The zero-order chi connectivity index (χ0) is 14.9. The monoisotopic (exact) mass is 295 g/mol. The Morgan fingerprint density at radius 1 is 1.35 bits per heavy atom. The lowest BCUT2D eigenvalue weighted by Crippen LogP contribution is -2.42. The van der Waals surface area contributed by atoms with Gasteiger partial charge in [0.05, 0.1) is 12.4 Å². The van der Waals surface area contributed by atoms with Gasteiger partial charge < -0.3 is 10.1 Å². The summed E-state index contributed by atoms with van der Waals surface area (Å²) in [6.07, 6.45) is 1.96. The minimum Gasteiger partial charge on any atom is -0.497 e. The summed E-state index contributed by atoms with van der Waals surface area (Å²) in [6, 6.07) is 6.36. The summed E-state index contributed by atoms with van der Waals surface area (Å²) in [7, 11) is 2.76. The van der Waals surface area contributed by atoms with Crippen molar-refractivity contribution in [1.29, 1.82) is 0 Å². The zero-order valence-electron chi connectivity index (χ0n) is 13.0. The Morgan fingerprint density at radius 3 is 2.60 bits per heavy atom. The van der Waals surface area contributed by atoms with Crippen molar-refractivity contribution < 1.29 is 8.95 Å². The number of hydrogen-bond donors (Lipinski definition) is 1. The molecule has 1 aliphatic carbocycles. The molecule has 3 atom stereocenters. The molecular weight excluding hydrogens is 270 g/mol. The fraction of sp³-hybridized carbons (Fsp3) is 0.625. The van der Waals surface area contributed by atoms with Gasteiger partial charge in [-0.15, -0.1) is 0 Å². The van der Waals surface area contributed by atoms with E-state index in [4.69, 9.17) is 4.74 Å². The number of methoxy groups -OCH3 is 1. The molecule has 1 aliphatic rings. The van der Waals surface area contributed by atoms with Crippen LogP contribution < -0.4 is 10.1 Å². The van der Waals surface area contributed by atoms with E-state index in [9.17, 15) is 4.21 Å². The lowest BCUT2D eigenvalue weighted by Gasteiger charge is -2.36. The van der Waals surface area contributed by atoms with Crippen LogP contribution in [0.4, 0.5) is 0 Å². The smallest absolute Gasteiger partial charge is 0.119 e. The zero-order valence-corrected chi connectivity index (χ0v) is 13.8. The second-order valence-electron chi connectivity index (χ2n) is 6.32. The SMILES string of the molecule is CNC1c2cc(OC)ccc2CCC1S(=O)C(C)(C)C. The van der Waals surface area contributed by atoms with Crippen LogP contribution in [0.25, 0.3) is 0 Å². The van der Waals surface area contributed by atoms with Gasteiger partial charge in [0.1, 0.15) is 5.75 Å². The van der Waals surface area contributed by atoms with Crippen molar-refractivity contribution in [2.24, 2.45) is 0 Å². The number of ether oxygens (including phenoxy) is 1. The summed E-state index contributed by atoms with van der Waals surface area (Å²) >= 11 is 0. The first-order chi connectivity index (χ1) is 9.38. The highest BCUT2D eigenvalue weighted by molar-refractivity contribution is 7.87. The molecule has 0 bridgehead atoms. The van der Waals surface area contributed by atoms with Crippen molar-refractivity contribution in [1.82, 2.24) is 5.32 Å².